The van der Waals surface area contributed by atoms with Gasteiger partial charge in [0.05, 0.1) is 11.3 Å². The van der Waals surface area contributed by atoms with E-state index >= 15 is 0 Å². The average Bonchev–Trinajstić information content (AvgIpc) is 2.63. The van der Waals surface area contributed by atoms with Gasteiger partial charge in [0, 0.05) is 25.1 Å². The van der Waals surface area contributed by atoms with Gasteiger partial charge in [-0.15, -0.1) is 0 Å². The van der Waals surface area contributed by atoms with Gasteiger partial charge in [0.1, 0.15) is 5.82 Å². The average molecular weight is 260 g/mol. The fraction of sp³-hybridized carbons (Fsp3) is 0.385. The maximum Gasteiger partial charge on any atom is 0.224 e. The molecule has 0 spiro atoms. The van der Waals surface area contributed by atoms with E-state index in [2.05, 4.69) is 4.98 Å². The smallest absolute Gasteiger partial charge is 0.224 e. The molecule has 0 amide bonds. The zero-order valence-electron chi connectivity index (χ0n) is 10.4. The highest BCUT2D eigenvalue weighted by Crippen LogP contribution is 2.31. The molecule has 0 radical (unpaired) electrons. The van der Waals surface area contributed by atoms with Crippen molar-refractivity contribution in [2.45, 2.75) is 32.2 Å². The molecule has 0 atom stereocenters. The molecule has 1 aliphatic carbocycles. The Morgan fingerprint density at radius 2 is 2.05 bits per heavy atom. The van der Waals surface area contributed by atoms with Crippen molar-refractivity contribution < 1.29 is 5.11 Å². The van der Waals surface area contributed by atoms with E-state index in [0.29, 0.717) is 11.3 Å². The van der Waals surface area contributed by atoms with Crippen molar-refractivity contribution in [3.05, 3.63) is 39.8 Å². The van der Waals surface area contributed by atoms with Crippen LogP contribution in [0.3, 0.4) is 0 Å². The highest BCUT2D eigenvalue weighted by Gasteiger charge is 2.18. The van der Waals surface area contributed by atoms with E-state index < -0.39 is 4.90 Å². The van der Waals surface area contributed by atoms with Crippen LogP contribution in [0.15, 0.2) is 18.2 Å². The van der Waals surface area contributed by atoms with Crippen LogP contribution < -0.4 is 10.3 Å². The maximum atomic E-state index is 10.8. The Morgan fingerprint density at radius 1 is 1.21 bits per heavy atom. The van der Waals surface area contributed by atoms with Crippen molar-refractivity contribution in [2.24, 2.45) is 0 Å². The number of aromatic hydroxyl groups is 1. The van der Waals surface area contributed by atoms with Gasteiger partial charge in [0.15, 0.2) is 0 Å². The molecule has 19 heavy (non-hydrogen) atoms. The normalized spacial score (nSPS) is 14.9. The molecule has 2 heterocycles. The molecule has 0 unspecified atom stereocenters. The third-order valence-corrected chi connectivity index (χ3v) is 3.53. The molecule has 6 nitrogen and oxygen atoms in total. The number of hydrogen-bond acceptors (Lipinski definition) is 4. The third kappa shape index (κ3) is 1.99. The first kappa shape index (κ1) is 11.8. The summed E-state index contributed by atoms with van der Waals surface area (Å²) in [5.41, 5.74) is 1.05. The van der Waals surface area contributed by atoms with Gasteiger partial charge in [-0.1, -0.05) is 6.42 Å². The minimum atomic E-state index is -0.447. The highest BCUT2D eigenvalue weighted by molar-refractivity contribution is 5.66. The first-order valence-electron chi connectivity index (χ1n) is 6.36. The Balaban J connectivity index is 2.29. The number of nitrogens with zero attached hydrogens (tertiary/aromatic N) is 3. The van der Waals surface area contributed by atoms with Gasteiger partial charge in [-0.3, -0.25) is 0 Å². The lowest BCUT2D eigenvalue weighted by atomic mass is 10.1. The monoisotopic (exact) mass is 260 g/mol. The molecule has 2 aliphatic heterocycles. The van der Waals surface area contributed by atoms with Gasteiger partial charge in [-0.05, 0) is 18.9 Å². The second-order valence-electron chi connectivity index (χ2n) is 4.77. The zero-order valence-corrected chi connectivity index (χ0v) is 10.4. The van der Waals surface area contributed by atoms with E-state index in [1.807, 2.05) is 4.57 Å². The summed E-state index contributed by atoms with van der Waals surface area (Å²) < 4.78 is 1.82. The number of aromatic nitrogens is 2. The molecule has 0 bridgehead atoms. The molecule has 0 fully saturated rings. The Morgan fingerprint density at radius 3 is 2.84 bits per heavy atom. The van der Waals surface area contributed by atoms with Gasteiger partial charge in [-0.2, -0.15) is 4.90 Å². The Labute approximate surface area is 109 Å². The van der Waals surface area contributed by atoms with Crippen LogP contribution in [0.2, 0.25) is 0 Å². The molecule has 0 saturated carbocycles. The summed E-state index contributed by atoms with van der Waals surface area (Å²) >= 11 is 0. The molecule has 100 valence electrons. The van der Waals surface area contributed by atoms with Crippen LogP contribution in [-0.4, -0.2) is 14.7 Å². The van der Waals surface area contributed by atoms with Crippen LogP contribution in [0.5, 0.6) is 5.88 Å². The predicted octanol–water partition coefficient (Wildman–Crippen LogP) is 1.19. The maximum absolute atomic E-state index is 10.8. The standard InChI is InChI=1S/C13H14N3O3/c17-13-10-6-5-9(16(18)19)8-11(10)14-12-4-2-1-3-7-15(12)13/h5-6,8H,1-4,7H2,(H-,17,18,19)/q-1. The Kier molecular flexibility index (Phi) is 2.77. The fourth-order valence-corrected chi connectivity index (χ4v) is 2.54. The summed E-state index contributed by atoms with van der Waals surface area (Å²) in [6.07, 6.45) is 3.96. The van der Waals surface area contributed by atoms with Crippen LogP contribution in [-0.2, 0) is 13.0 Å². The van der Waals surface area contributed by atoms with Crippen molar-refractivity contribution in [1.29, 1.82) is 0 Å². The largest absolute Gasteiger partial charge is 0.612 e. The summed E-state index contributed by atoms with van der Waals surface area (Å²) in [6.45, 7) is 0.751. The minimum Gasteiger partial charge on any atom is -0.612 e. The van der Waals surface area contributed by atoms with E-state index in [-0.39, 0.29) is 11.2 Å². The van der Waals surface area contributed by atoms with E-state index in [1.54, 1.807) is 6.07 Å². The lowest BCUT2D eigenvalue weighted by molar-refractivity contribution is 0.404. The fourth-order valence-electron chi connectivity index (χ4n) is 2.54. The topological polar surface area (TPSA) is 87.2 Å². The molecule has 6 heteroatoms. The van der Waals surface area contributed by atoms with E-state index in [9.17, 15) is 15.5 Å². The van der Waals surface area contributed by atoms with Gasteiger partial charge >= 0.3 is 0 Å². The van der Waals surface area contributed by atoms with E-state index in [0.717, 1.165) is 38.1 Å². The van der Waals surface area contributed by atoms with Crippen molar-refractivity contribution in [3.8, 4) is 17.1 Å². The van der Waals surface area contributed by atoms with Crippen LogP contribution in [0, 0.1) is 10.4 Å². The van der Waals surface area contributed by atoms with Crippen molar-refractivity contribution in [3.63, 3.8) is 0 Å². The quantitative estimate of drug-likeness (QED) is 0.721. The molecular formula is C13H14N3O3-. The summed E-state index contributed by atoms with van der Waals surface area (Å²) in [7, 11) is 0. The molecule has 1 N–H and O–H groups in total. The highest BCUT2D eigenvalue weighted by atomic mass is 16.8. The number of hydrogen-bond donors (Lipinski definition) is 1. The Bertz CT molecular complexity index is 659. The predicted molar refractivity (Wildman–Crippen MR) is 70.1 cm³/mol. The lowest BCUT2D eigenvalue weighted by Gasteiger charge is -2.17. The number of aryl methyl sites for hydroxylation is 1. The molecule has 0 aromatic rings. The SMILES string of the molecule is [O-][N+]([O-])=c1ccc2c(O)n3c(nc-2c1)CCCCC3. The second kappa shape index (κ2) is 4.46. The minimum absolute atomic E-state index is 0.00188. The molecule has 0 aromatic heterocycles. The van der Waals surface area contributed by atoms with Gasteiger partial charge < -0.3 is 20.1 Å². The summed E-state index contributed by atoms with van der Waals surface area (Å²) in [5, 5.41) is 31.9. The lowest BCUT2D eigenvalue weighted by Crippen LogP contribution is -2.19. The summed E-state index contributed by atoms with van der Waals surface area (Å²) in [6, 6.07) is 4.38. The summed E-state index contributed by atoms with van der Waals surface area (Å²) in [4.78, 5) is 4.03. The van der Waals surface area contributed by atoms with Crippen molar-refractivity contribution >= 4 is 0 Å². The van der Waals surface area contributed by atoms with Crippen LogP contribution in [0.1, 0.15) is 25.1 Å². The first-order chi connectivity index (χ1) is 9.16. The van der Waals surface area contributed by atoms with Gasteiger partial charge in [0.25, 0.3) is 0 Å². The van der Waals surface area contributed by atoms with Crippen LogP contribution >= 0.6 is 0 Å². The van der Waals surface area contributed by atoms with E-state index in [1.165, 1.54) is 12.1 Å². The summed E-state index contributed by atoms with van der Waals surface area (Å²) in [5.74, 6) is 0.972. The van der Waals surface area contributed by atoms with Crippen LogP contribution in [0.4, 0.5) is 0 Å². The molecule has 0 saturated heterocycles. The van der Waals surface area contributed by atoms with Crippen molar-refractivity contribution in [2.75, 3.05) is 0 Å². The number of benzene rings is 1. The third-order valence-electron chi connectivity index (χ3n) is 3.53. The molecule has 3 rings (SSSR count). The van der Waals surface area contributed by atoms with Gasteiger partial charge in [-0.25, -0.2) is 4.98 Å². The second-order valence-corrected chi connectivity index (χ2v) is 4.77. The number of fused-ring (bicyclic) bond motifs is 2. The Hall–Kier alpha value is -2.24. The molecule has 0 aromatic carbocycles. The van der Waals surface area contributed by atoms with E-state index in [4.69, 9.17) is 0 Å². The number of rotatable bonds is 0. The van der Waals surface area contributed by atoms with Crippen molar-refractivity contribution in [1.82, 2.24) is 14.5 Å². The molecule has 3 aliphatic rings. The first-order valence-corrected chi connectivity index (χ1v) is 6.36. The zero-order chi connectivity index (χ0) is 13.4. The molecular weight excluding hydrogens is 246 g/mol. The van der Waals surface area contributed by atoms with Crippen LogP contribution in [0.25, 0.3) is 11.3 Å². The van der Waals surface area contributed by atoms with Gasteiger partial charge in [0.2, 0.25) is 11.2 Å².